The molecule has 1 aromatic heterocycles. The van der Waals surface area contributed by atoms with Gasteiger partial charge in [-0.3, -0.25) is 14.9 Å². The SMILES string of the molecule is CCC(CC)c1nnc(NC(=O)CNC(=O)c2cccc(Cl)c2)s1. The molecule has 2 N–H and O–H groups in total. The first kappa shape index (κ1) is 18.4. The Kier molecular flexibility index (Phi) is 6.69. The van der Waals surface area contributed by atoms with E-state index in [9.17, 15) is 9.59 Å². The number of hydrogen-bond acceptors (Lipinski definition) is 5. The molecule has 6 nitrogen and oxygen atoms in total. The average molecular weight is 367 g/mol. The van der Waals surface area contributed by atoms with Gasteiger partial charge >= 0.3 is 0 Å². The van der Waals surface area contributed by atoms with E-state index in [1.54, 1.807) is 24.3 Å². The molecule has 1 heterocycles. The molecular weight excluding hydrogens is 348 g/mol. The number of carbonyl (C=O) groups is 2. The summed E-state index contributed by atoms with van der Waals surface area (Å²) >= 11 is 7.20. The van der Waals surface area contributed by atoms with Crippen LogP contribution in [0.5, 0.6) is 0 Å². The van der Waals surface area contributed by atoms with Crippen molar-refractivity contribution in [3.05, 3.63) is 39.9 Å². The number of benzene rings is 1. The molecule has 0 saturated heterocycles. The smallest absolute Gasteiger partial charge is 0.251 e. The van der Waals surface area contributed by atoms with E-state index in [1.807, 2.05) is 0 Å². The van der Waals surface area contributed by atoms with Gasteiger partial charge in [0.1, 0.15) is 5.01 Å². The molecule has 0 aliphatic rings. The second-order valence-electron chi connectivity index (χ2n) is 5.20. The first-order valence-corrected chi connectivity index (χ1v) is 8.90. The van der Waals surface area contributed by atoms with Crippen LogP contribution >= 0.6 is 22.9 Å². The summed E-state index contributed by atoms with van der Waals surface area (Å²) in [7, 11) is 0. The Hall–Kier alpha value is -1.99. The van der Waals surface area contributed by atoms with Crippen molar-refractivity contribution >= 4 is 39.9 Å². The molecule has 2 aromatic rings. The lowest BCUT2D eigenvalue weighted by atomic mass is 10.1. The molecule has 0 saturated carbocycles. The van der Waals surface area contributed by atoms with Gasteiger partial charge in [-0.15, -0.1) is 10.2 Å². The highest BCUT2D eigenvalue weighted by atomic mass is 35.5. The third-order valence-electron chi connectivity index (χ3n) is 3.52. The van der Waals surface area contributed by atoms with E-state index in [4.69, 9.17) is 11.6 Å². The summed E-state index contributed by atoms with van der Waals surface area (Å²) in [6, 6.07) is 6.53. The third kappa shape index (κ3) is 5.01. The summed E-state index contributed by atoms with van der Waals surface area (Å²) in [5, 5.41) is 15.1. The standard InChI is InChI=1S/C16H19ClN4O2S/c1-3-10(4-2)15-20-21-16(24-15)19-13(22)9-18-14(23)11-6-5-7-12(17)8-11/h5-8,10H,3-4,9H2,1-2H3,(H,18,23)(H,19,21,22). The van der Waals surface area contributed by atoms with Gasteiger partial charge in [-0.1, -0.05) is 42.9 Å². The van der Waals surface area contributed by atoms with Crippen LogP contribution in [0.15, 0.2) is 24.3 Å². The maximum Gasteiger partial charge on any atom is 0.251 e. The van der Waals surface area contributed by atoms with Gasteiger partial charge in [0.25, 0.3) is 5.91 Å². The molecule has 0 aliphatic carbocycles. The maximum absolute atomic E-state index is 11.9. The Morgan fingerprint density at radius 1 is 1.25 bits per heavy atom. The number of amides is 2. The van der Waals surface area contributed by atoms with Crippen LogP contribution in [0.4, 0.5) is 5.13 Å². The Labute approximate surface area is 149 Å². The van der Waals surface area contributed by atoms with Gasteiger partial charge in [-0.25, -0.2) is 0 Å². The summed E-state index contributed by atoms with van der Waals surface area (Å²) in [4.78, 5) is 23.9. The molecule has 0 aliphatic heterocycles. The zero-order valence-electron chi connectivity index (χ0n) is 13.5. The van der Waals surface area contributed by atoms with E-state index in [0.717, 1.165) is 17.8 Å². The van der Waals surface area contributed by atoms with E-state index >= 15 is 0 Å². The molecule has 0 radical (unpaired) electrons. The Morgan fingerprint density at radius 3 is 2.67 bits per heavy atom. The largest absolute Gasteiger partial charge is 0.343 e. The summed E-state index contributed by atoms with van der Waals surface area (Å²) in [5.74, 6) is -0.351. The summed E-state index contributed by atoms with van der Waals surface area (Å²) in [5.41, 5.74) is 0.405. The summed E-state index contributed by atoms with van der Waals surface area (Å²) < 4.78 is 0. The van der Waals surface area contributed by atoms with Crippen LogP contribution in [0.2, 0.25) is 5.02 Å². The Morgan fingerprint density at radius 2 is 2.00 bits per heavy atom. The molecule has 128 valence electrons. The van der Waals surface area contributed by atoms with E-state index < -0.39 is 0 Å². The quantitative estimate of drug-likeness (QED) is 0.785. The highest BCUT2D eigenvalue weighted by Gasteiger charge is 2.15. The molecular formula is C16H19ClN4O2S. The molecule has 8 heteroatoms. The number of nitrogens with one attached hydrogen (secondary N) is 2. The van der Waals surface area contributed by atoms with Crippen molar-refractivity contribution in [2.45, 2.75) is 32.6 Å². The molecule has 0 bridgehead atoms. The van der Waals surface area contributed by atoms with Crippen molar-refractivity contribution in [3.8, 4) is 0 Å². The van der Waals surface area contributed by atoms with E-state index in [-0.39, 0.29) is 18.4 Å². The van der Waals surface area contributed by atoms with Crippen LogP contribution in [-0.4, -0.2) is 28.6 Å². The first-order valence-electron chi connectivity index (χ1n) is 7.70. The number of carbonyl (C=O) groups excluding carboxylic acids is 2. The van der Waals surface area contributed by atoms with Gasteiger partial charge in [0.05, 0.1) is 6.54 Å². The van der Waals surface area contributed by atoms with Crippen molar-refractivity contribution in [2.24, 2.45) is 0 Å². The number of anilines is 1. The minimum atomic E-state index is -0.359. The molecule has 24 heavy (non-hydrogen) atoms. The monoisotopic (exact) mass is 366 g/mol. The number of aromatic nitrogens is 2. The summed E-state index contributed by atoms with van der Waals surface area (Å²) in [6.07, 6.45) is 1.96. The van der Waals surface area contributed by atoms with E-state index in [0.29, 0.717) is 21.6 Å². The predicted octanol–water partition coefficient (Wildman–Crippen LogP) is 3.46. The highest BCUT2D eigenvalue weighted by Crippen LogP contribution is 2.27. The highest BCUT2D eigenvalue weighted by molar-refractivity contribution is 7.15. The lowest BCUT2D eigenvalue weighted by Crippen LogP contribution is -2.32. The van der Waals surface area contributed by atoms with Crippen LogP contribution in [0.3, 0.4) is 0 Å². The minimum absolute atomic E-state index is 0.148. The van der Waals surface area contributed by atoms with E-state index in [1.165, 1.54) is 11.3 Å². The zero-order valence-corrected chi connectivity index (χ0v) is 15.1. The van der Waals surface area contributed by atoms with Crippen LogP contribution in [0.1, 0.15) is 48.0 Å². The van der Waals surface area contributed by atoms with Gasteiger partial charge in [0, 0.05) is 16.5 Å². The van der Waals surface area contributed by atoms with Crippen LogP contribution in [0, 0.1) is 0 Å². The van der Waals surface area contributed by atoms with Crippen molar-refractivity contribution in [1.29, 1.82) is 0 Å². The molecule has 1 aromatic carbocycles. The lowest BCUT2D eigenvalue weighted by molar-refractivity contribution is -0.115. The predicted molar refractivity (Wildman–Crippen MR) is 95.6 cm³/mol. The van der Waals surface area contributed by atoms with Gasteiger partial charge < -0.3 is 5.32 Å². The Balaban J connectivity index is 1.86. The fourth-order valence-electron chi connectivity index (χ4n) is 2.14. The fraction of sp³-hybridized carbons (Fsp3) is 0.375. The Bertz CT molecular complexity index is 716. The molecule has 0 atom stereocenters. The average Bonchev–Trinajstić information content (AvgIpc) is 3.02. The molecule has 2 rings (SSSR count). The van der Waals surface area contributed by atoms with Crippen LogP contribution in [0.25, 0.3) is 0 Å². The topological polar surface area (TPSA) is 84.0 Å². The van der Waals surface area contributed by atoms with E-state index in [2.05, 4.69) is 34.7 Å². The van der Waals surface area contributed by atoms with Gasteiger partial charge in [-0.05, 0) is 31.0 Å². The van der Waals surface area contributed by atoms with Crippen molar-refractivity contribution in [1.82, 2.24) is 15.5 Å². The summed E-state index contributed by atoms with van der Waals surface area (Å²) in [6.45, 7) is 4.05. The lowest BCUT2D eigenvalue weighted by Gasteiger charge is -2.06. The van der Waals surface area contributed by atoms with Gasteiger partial charge in [0.2, 0.25) is 11.0 Å². The van der Waals surface area contributed by atoms with Crippen LogP contribution < -0.4 is 10.6 Å². The normalized spacial score (nSPS) is 10.7. The fourth-order valence-corrected chi connectivity index (χ4v) is 3.36. The number of hydrogen-bond donors (Lipinski definition) is 2. The third-order valence-corrected chi connectivity index (χ3v) is 4.75. The zero-order chi connectivity index (χ0) is 17.5. The minimum Gasteiger partial charge on any atom is -0.343 e. The molecule has 0 spiro atoms. The number of halogens is 1. The molecule has 0 fully saturated rings. The van der Waals surface area contributed by atoms with Gasteiger partial charge in [-0.2, -0.15) is 0 Å². The van der Waals surface area contributed by atoms with Crippen molar-refractivity contribution in [2.75, 3.05) is 11.9 Å². The maximum atomic E-state index is 11.9. The second kappa shape index (κ2) is 8.75. The molecule has 0 unspecified atom stereocenters. The van der Waals surface area contributed by atoms with Crippen molar-refractivity contribution in [3.63, 3.8) is 0 Å². The van der Waals surface area contributed by atoms with Crippen molar-refractivity contribution < 1.29 is 9.59 Å². The number of nitrogens with zero attached hydrogens (tertiary/aromatic N) is 2. The first-order chi connectivity index (χ1) is 11.5. The van der Waals surface area contributed by atoms with Crippen LogP contribution in [-0.2, 0) is 4.79 Å². The molecule has 2 amide bonds. The number of rotatable bonds is 7. The van der Waals surface area contributed by atoms with Gasteiger partial charge in [0.15, 0.2) is 0 Å². The second-order valence-corrected chi connectivity index (χ2v) is 6.65.